The lowest BCUT2D eigenvalue weighted by Gasteiger charge is -2.27. The number of nitrogens with zero attached hydrogens (tertiary/aromatic N) is 2. The molecule has 0 aromatic heterocycles. The monoisotopic (exact) mass is 485 g/mol. The molecule has 0 aliphatic carbocycles. The summed E-state index contributed by atoms with van der Waals surface area (Å²) in [5.41, 5.74) is 3.41. The number of aliphatic imine (C=N–C) groups is 1. The second kappa shape index (κ2) is 9.60. The Hall–Kier alpha value is -4.17. The molecule has 0 radical (unpaired) electrons. The fraction of sp³-hybridized carbons (Fsp3) is 0.0741. The van der Waals surface area contributed by atoms with Crippen molar-refractivity contribution in [2.75, 3.05) is 7.11 Å². The zero-order valence-corrected chi connectivity index (χ0v) is 19.5. The van der Waals surface area contributed by atoms with E-state index >= 15 is 0 Å². The van der Waals surface area contributed by atoms with E-state index in [4.69, 9.17) is 14.9 Å². The number of hydrogen-bond donors (Lipinski definition) is 1. The Morgan fingerprint density at radius 2 is 1.83 bits per heavy atom. The molecule has 1 N–H and O–H groups in total. The number of nitrogens with one attached hydrogen (secondary N) is 1. The van der Waals surface area contributed by atoms with Crippen molar-refractivity contribution in [3.63, 3.8) is 0 Å². The minimum atomic E-state index is -0.466. The predicted octanol–water partition coefficient (Wildman–Crippen LogP) is 5.72. The van der Waals surface area contributed by atoms with Crippen LogP contribution in [0, 0.1) is 11.2 Å². The molecule has 1 amide bonds. The van der Waals surface area contributed by atoms with Crippen LogP contribution in [0.25, 0.3) is 11.8 Å². The smallest absolute Gasteiger partial charge is 0.283 e. The molecule has 6 nitrogen and oxygen atoms in total. The van der Waals surface area contributed by atoms with E-state index in [9.17, 15) is 9.18 Å². The highest BCUT2D eigenvalue weighted by molar-refractivity contribution is 8.17. The number of halogens is 1. The number of carbonyl (C=O) groups is 1. The molecular formula is C27H20FN3O3S. The van der Waals surface area contributed by atoms with Crippen molar-refractivity contribution in [1.82, 2.24) is 4.90 Å². The van der Waals surface area contributed by atoms with Crippen LogP contribution in [0.1, 0.15) is 16.7 Å². The molecule has 0 saturated carbocycles. The fourth-order valence-electron chi connectivity index (χ4n) is 3.72. The Labute approximate surface area is 205 Å². The maximum Gasteiger partial charge on any atom is 0.283 e. The summed E-state index contributed by atoms with van der Waals surface area (Å²) in [5.74, 6) is 0.279. The number of rotatable bonds is 6. The Kier molecular flexibility index (Phi) is 6.20. The molecule has 0 bridgehead atoms. The van der Waals surface area contributed by atoms with Crippen LogP contribution in [0.5, 0.6) is 11.5 Å². The Morgan fingerprint density at radius 3 is 2.57 bits per heavy atom. The van der Waals surface area contributed by atoms with Gasteiger partial charge in [0.2, 0.25) is 0 Å². The number of amidine groups is 2. The third-order valence-electron chi connectivity index (χ3n) is 5.49. The first-order chi connectivity index (χ1) is 17.0. The highest BCUT2D eigenvalue weighted by Gasteiger charge is 2.36. The molecule has 0 saturated heterocycles. The molecule has 2 heterocycles. The molecule has 0 atom stereocenters. The number of amides is 1. The molecule has 2 aliphatic heterocycles. The molecular weight excluding hydrogens is 465 g/mol. The van der Waals surface area contributed by atoms with Crippen molar-refractivity contribution in [2.24, 2.45) is 4.99 Å². The van der Waals surface area contributed by atoms with Crippen LogP contribution in [0.2, 0.25) is 0 Å². The van der Waals surface area contributed by atoms with E-state index in [0.717, 1.165) is 16.8 Å². The Bertz CT molecular complexity index is 1400. The summed E-state index contributed by atoms with van der Waals surface area (Å²) in [6.07, 6.45) is 1.63. The minimum Gasteiger partial charge on any atom is -0.493 e. The van der Waals surface area contributed by atoms with E-state index in [0.29, 0.717) is 22.2 Å². The highest BCUT2D eigenvalue weighted by atomic mass is 32.2. The number of hydrogen-bond acceptors (Lipinski definition) is 5. The van der Waals surface area contributed by atoms with Crippen molar-refractivity contribution in [2.45, 2.75) is 6.61 Å². The maximum absolute atomic E-state index is 13.1. The van der Waals surface area contributed by atoms with Gasteiger partial charge in [-0.15, -0.1) is 0 Å². The van der Waals surface area contributed by atoms with Gasteiger partial charge in [0.25, 0.3) is 5.91 Å². The van der Waals surface area contributed by atoms with Gasteiger partial charge >= 0.3 is 0 Å². The second-order valence-corrected chi connectivity index (χ2v) is 8.59. The second-order valence-electron chi connectivity index (χ2n) is 7.75. The largest absolute Gasteiger partial charge is 0.493 e. The third-order valence-corrected chi connectivity index (χ3v) is 6.32. The van der Waals surface area contributed by atoms with E-state index in [1.165, 1.54) is 31.0 Å². The lowest BCUT2D eigenvalue weighted by Crippen LogP contribution is -2.38. The predicted molar refractivity (Wildman–Crippen MR) is 136 cm³/mol. The third kappa shape index (κ3) is 4.61. The van der Waals surface area contributed by atoms with Crippen LogP contribution < -0.4 is 9.47 Å². The topological polar surface area (TPSA) is 75.0 Å². The standard InChI is InChI=1S/C27H20FN3O3S/c1-33-24-14-18(9-12-23(24)34-15-17-7-10-20(28)11-8-17)13-21-25(29)31-22(19-5-3-2-4-6-19)16-35-27(31)30-26(21)32/h2-14,16,29H,15H2,1H3/b21-13-,29-25?. The van der Waals surface area contributed by atoms with Gasteiger partial charge < -0.3 is 9.47 Å². The summed E-state index contributed by atoms with van der Waals surface area (Å²) in [7, 11) is 1.53. The molecule has 5 rings (SSSR count). The van der Waals surface area contributed by atoms with Gasteiger partial charge in [0.15, 0.2) is 16.7 Å². The average Bonchev–Trinajstić information content (AvgIpc) is 3.31. The molecule has 3 aromatic rings. The first-order valence-corrected chi connectivity index (χ1v) is 11.6. The lowest BCUT2D eigenvalue weighted by molar-refractivity contribution is -0.114. The van der Waals surface area contributed by atoms with Crippen molar-refractivity contribution < 1.29 is 18.7 Å². The van der Waals surface area contributed by atoms with E-state index in [1.54, 1.807) is 41.3 Å². The number of thioether (sulfide) groups is 1. The molecule has 0 fully saturated rings. The number of fused-ring (bicyclic) bond motifs is 1. The summed E-state index contributed by atoms with van der Waals surface area (Å²) in [6, 6.07) is 21.0. The van der Waals surface area contributed by atoms with Gasteiger partial charge in [0.1, 0.15) is 18.3 Å². The first kappa shape index (κ1) is 22.6. The molecule has 0 spiro atoms. The van der Waals surface area contributed by atoms with Crippen molar-refractivity contribution in [1.29, 1.82) is 5.41 Å². The normalized spacial score (nSPS) is 16.2. The highest BCUT2D eigenvalue weighted by Crippen LogP contribution is 2.37. The lowest BCUT2D eigenvalue weighted by atomic mass is 10.1. The number of benzene rings is 3. The van der Waals surface area contributed by atoms with Gasteiger partial charge in [-0.05, 0) is 47.0 Å². The zero-order chi connectivity index (χ0) is 24.4. The zero-order valence-electron chi connectivity index (χ0n) is 18.7. The van der Waals surface area contributed by atoms with Crippen LogP contribution in [-0.4, -0.2) is 28.9 Å². The molecule has 3 aromatic carbocycles. The molecule has 8 heteroatoms. The van der Waals surface area contributed by atoms with Gasteiger partial charge in [-0.3, -0.25) is 15.1 Å². The summed E-state index contributed by atoms with van der Waals surface area (Å²) in [4.78, 5) is 18.6. The molecule has 2 aliphatic rings. The quantitative estimate of drug-likeness (QED) is 0.452. The number of methoxy groups -OCH3 is 1. The van der Waals surface area contributed by atoms with Gasteiger partial charge in [-0.2, -0.15) is 4.99 Å². The molecule has 174 valence electrons. The maximum atomic E-state index is 13.1. The first-order valence-electron chi connectivity index (χ1n) is 10.7. The summed E-state index contributed by atoms with van der Waals surface area (Å²) < 4.78 is 24.4. The van der Waals surface area contributed by atoms with Gasteiger partial charge in [-0.1, -0.05) is 60.3 Å². The molecule has 35 heavy (non-hydrogen) atoms. The van der Waals surface area contributed by atoms with Crippen molar-refractivity contribution >= 4 is 40.4 Å². The van der Waals surface area contributed by atoms with Gasteiger partial charge in [-0.25, -0.2) is 4.39 Å². The fourth-order valence-corrected chi connectivity index (χ4v) is 4.61. The van der Waals surface area contributed by atoms with Crippen molar-refractivity contribution in [3.05, 3.63) is 106 Å². The average molecular weight is 486 g/mol. The summed E-state index contributed by atoms with van der Waals surface area (Å²) >= 11 is 1.33. The van der Waals surface area contributed by atoms with Crippen LogP contribution >= 0.6 is 11.8 Å². The van der Waals surface area contributed by atoms with Gasteiger partial charge in [0, 0.05) is 5.41 Å². The van der Waals surface area contributed by atoms with E-state index in [1.807, 2.05) is 35.7 Å². The summed E-state index contributed by atoms with van der Waals surface area (Å²) in [5, 5.41) is 11.1. The minimum absolute atomic E-state index is 0.0655. The van der Waals surface area contributed by atoms with Crippen LogP contribution in [0.4, 0.5) is 4.39 Å². The van der Waals surface area contributed by atoms with Crippen molar-refractivity contribution in [3.8, 4) is 11.5 Å². The Balaban J connectivity index is 1.39. The van der Waals surface area contributed by atoms with E-state index < -0.39 is 5.91 Å². The Morgan fingerprint density at radius 1 is 1.06 bits per heavy atom. The number of carbonyl (C=O) groups excluding carboxylic acids is 1. The van der Waals surface area contributed by atoms with Gasteiger partial charge in [0.05, 0.1) is 18.4 Å². The SMILES string of the molecule is COc1cc(/C=C2/C(=N)N3C(c4ccccc4)=CSC3=NC2=O)ccc1OCc1ccc(F)cc1. The molecule has 0 unspecified atom stereocenters. The van der Waals surface area contributed by atoms with Crippen LogP contribution in [0.15, 0.2) is 88.8 Å². The van der Waals surface area contributed by atoms with E-state index in [2.05, 4.69) is 4.99 Å². The van der Waals surface area contributed by atoms with Crippen LogP contribution in [-0.2, 0) is 11.4 Å². The number of ether oxygens (including phenoxy) is 2. The van der Waals surface area contributed by atoms with Crippen LogP contribution in [0.3, 0.4) is 0 Å². The summed E-state index contributed by atoms with van der Waals surface area (Å²) in [6.45, 7) is 0.249. The van der Waals surface area contributed by atoms with E-state index in [-0.39, 0.29) is 23.8 Å².